The number of hydrogen-bond donors (Lipinski definition) is 1. The molecule has 2 unspecified atom stereocenters. The molecule has 1 rings (SSSR count). The summed E-state index contributed by atoms with van der Waals surface area (Å²) in [6.07, 6.45) is 6.54. The summed E-state index contributed by atoms with van der Waals surface area (Å²) in [5.41, 5.74) is 0.345. The number of nitrogens with zero attached hydrogens (tertiary/aromatic N) is 1. The molecule has 2 nitrogen and oxygen atoms in total. The molecule has 1 N–H and O–H groups in total. The molecule has 1 aliphatic heterocycles. The Kier molecular flexibility index (Phi) is 5.77. The highest BCUT2D eigenvalue weighted by Crippen LogP contribution is 2.21. The fraction of sp³-hybridized carbons (Fsp3) is 1.00. The molecule has 96 valence electrons. The first kappa shape index (κ1) is 14.0. The van der Waals surface area contributed by atoms with Crippen LogP contribution in [0.3, 0.4) is 0 Å². The van der Waals surface area contributed by atoms with Gasteiger partial charge in [-0.2, -0.15) is 0 Å². The van der Waals surface area contributed by atoms with Crippen LogP contribution in [0.4, 0.5) is 0 Å². The van der Waals surface area contributed by atoms with Gasteiger partial charge in [-0.25, -0.2) is 0 Å². The zero-order valence-electron chi connectivity index (χ0n) is 11.7. The topological polar surface area (TPSA) is 15.3 Å². The fourth-order valence-corrected chi connectivity index (χ4v) is 2.60. The Morgan fingerprint density at radius 2 is 2.00 bits per heavy atom. The minimum Gasteiger partial charge on any atom is -0.309 e. The first-order valence-corrected chi connectivity index (χ1v) is 7.14. The first-order valence-electron chi connectivity index (χ1n) is 7.14. The van der Waals surface area contributed by atoms with E-state index in [-0.39, 0.29) is 0 Å². The molecule has 0 aromatic rings. The van der Waals surface area contributed by atoms with E-state index in [1.54, 1.807) is 0 Å². The molecule has 0 radical (unpaired) electrons. The lowest BCUT2D eigenvalue weighted by atomic mass is 9.92. The third kappa shape index (κ3) is 3.74. The highest BCUT2D eigenvalue weighted by atomic mass is 15.2. The Morgan fingerprint density at radius 1 is 1.25 bits per heavy atom. The molecule has 0 bridgehead atoms. The summed E-state index contributed by atoms with van der Waals surface area (Å²) in [6, 6.07) is 0.774. The van der Waals surface area contributed by atoms with Crippen molar-refractivity contribution in [1.82, 2.24) is 10.2 Å². The van der Waals surface area contributed by atoms with E-state index in [9.17, 15) is 0 Å². The largest absolute Gasteiger partial charge is 0.309 e. The molecule has 0 amide bonds. The molecule has 1 fully saturated rings. The summed E-state index contributed by atoms with van der Waals surface area (Å²) in [6.45, 7) is 13.0. The molecule has 0 spiro atoms. The molecule has 1 heterocycles. The summed E-state index contributed by atoms with van der Waals surface area (Å²) >= 11 is 0. The van der Waals surface area contributed by atoms with Gasteiger partial charge in [0.15, 0.2) is 0 Å². The normalized spacial score (nSPS) is 31.9. The van der Waals surface area contributed by atoms with Gasteiger partial charge in [-0.05, 0) is 32.7 Å². The molecule has 2 atom stereocenters. The van der Waals surface area contributed by atoms with Gasteiger partial charge in [0.1, 0.15) is 0 Å². The van der Waals surface area contributed by atoms with E-state index in [0.717, 1.165) is 6.04 Å². The molecule has 0 aromatic heterocycles. The van der Waals surface area contributed by atoms with E-state index >= 15 is 0 Å². The van der Waals surface area contributed by atoms with Crippen molar-refractivity contribution in [2.45, 2.75) is 71.4 Å². The quantitative estimate of drug-likeness (QED) is 0.749. The van der Waals surface area contributed by atoms with Crippen LogP contribution >= 0.6 is 0 Å². The predicted octanol–water partition coefficient (Wildman–Crippen LogP) is 3.03. The van der Waals surface area contributed by atoms with Gasteiger partial charge in [-0.3, -0.25) is 4.90 Å². The van der Waals surface area contributed by atoms with Crippen molar-refractivity contribution in [1.29, 1.82) is 0 Å². The van der Waals surface area contributed by atoms with Gasteiger partial charge in [0, 0.05) is 24.7 Å². The Labute approximate surface area is 102 Å². The lowest BCUT2D eigenvalue weighted by Gasteiger charge is -2.46. The molecular weight excluding hydrogens is 196 g/mol. The fourth-order valence-electron chi connectivity index (χ4n) is 2.60. The Morgan fingerprint density at radius 3 is 2.56 bits per heavy atom. The van der Waals surface area contributed by atoms with Gasteiger partial charge in [0.2, 0.25) is 0 Å². The number of rotatable bonds is 6. The highest BCUT2D eigenvalue weighted by molar-refractivity contribution is 4.94. The van der Waals surface area contributed by atoms with E-state index in [1.807, 2.05) is 0 Å². The van der Waals surface area contributed by atoms with E-state index in [2.05, 4.69) is 37.9 Å². The van der Waals surface area contributed by atoms with Crippen molar-refractivity contribution in [3.63, 3.8) is 0 Å². The Bertz CT molecular complexity index is 193. The monoisotopic (exact) mass is 226 g/mol. The standard InChI is InChI=1S/C14H30N2/c1-5-8-10-16-12-14(4,7-3)15-11-13(16)9-6-2/h13,15H,5-12H2,1-4H3. The average Bonchev–Trinajstić information content (AvgIpc) is 2.30. The minimum absolute atomic E-state index is 0.345. The van der Waals surface area contributed by atoms with Gasteiger partial charge in [0.25, 0.3) is 0 Å². The van der Waals surface area contributed by atoms with Crippen molar-refractivity contribution >= 4 is 0 Å². The average molecular weight is 226 g/mol. The number of unbranched alkanes of at least 4 members (excludes halogenated alkanes) is 1. The van der Waals surface area contributed by atoms with Crippen LogP contribution < -0.4 is 5.32 Å². The SMILES string of the molecule is CCCCN1CC(C)(CC)NCC1CCC. The minimum atomic E-state index is 0.345. The van der Waals surface area contributed by atoms with Crippen LogP contribution in [0, 0.1) is 0 Å². The smallest absolute Gasteiger partial charge is 0.0278 e. The van der Waals surface area contributed by atoms with E-state index in [1.165, 1.54) is 51.7 Å². The van der Waals surface area contributed by atoms with Gasteiger partial charge in [-0.15, -0.1) is 0 Å². The first-order chi connectivity index (χ1) is 7.65. The van der Waals surface area contributed by atoms with E-state index in [0.29, 0.717) is 5.54 Å². The summed E-state index contributed by atoms with van der Waals surface area (Å²) in [5.74, 6) is 0. The van der Waals surface area contributed by atoms with Crippen LogP contribution in [0.15, 0.2) is 0 Å². The van der Waals surface area contributed by atoms with E-state index < -0.39 is 0 Å². The highest BCUT2D eigenvalue weighted by Gasteiger charge is 2.33. The lowest BCUT2D eigenvalue weighted by Crippen LogP contribution is -2.62. The second kappa shape index (κ2) is 6.61. The van der Waals surface area contributed by atoms with Crippen molar-refractivity contribution in [3.8, 4) is 0 Å². The molecule has 2 heteroatoms. The van der Waals surface area contributed by atoms with Crippen molar-refractivity contribution < 1.29 is 0 Å². The molecular formula is C14H30N2. The Hall–Kier alpha value is -0.0800. The van der Waals surface area contributed by atoms with Crippen molar-refractivity contribution in [3.05, 3.63) is 0 Å². The van der Waals surface area contributed by atoms with Gasteiger partial charge >= 0.3 is 0 Å². The van der Waals surface area contributed by atoms with Crippen LogP contribution in [0.5, 0.6) is 0 Å². The van der Waals surface area contributed by atoms with Crippen molar-refractivity contribution in [2.75, 3.05) is 19.6 Å². The predicted molar refractivity (Wildman–Crippen MR) is 71.9 cm³/mol. The summed E-state index contributed by atoms with van der Waals surface area (Å²) in [7, 11) is 0. The zero-order valence-corrected chi connectivity index (χ0v) is 11.7. The van der Waals surface area contributed by atoms with Gasteiger partial charge in [0.05, 0.1) is 0 Å². The van der Waals surface area contributed by atoms with Crippen molar-refractivity contribution in [2.24, 2.45) is 0 Å². The maximum atomic E-state index is 3.74. The van der Waals surface area contributed by atoms with Gasteiger partial charge in [-0.1, -0.05) is 33.6 Å². The molecule has 1 aliphatic rings. The van der Waals surface area contributed by atoms with Crippen LogP contribution in [0.25, 0.3) is 0 Å². The second-order valence-corrected chi connectivity index (χ2v) is 5.56. The van der Waals surface area contributed by atoms with Crippen LogP contribution in [0.2, 0.25) is 0 Å². The number of nitrogens with one attached hydrogen (secondary N) is 1. The molecule has 1 saturated heterocycles. The molecule has 0 aliphatic carbocycles. The maximum Gasteiger partial charge on any atom is 0.0278 e. The third-order valence-electron chi connectivity index (χ3n) is 4.03. The second-order valence-electron chi connectivity index (χ2n) is 5.56. The van der Waals surface area contributed by atoms with E-state index in [4.69, 9.17) is 0 Å². The lowest BCUT2D eigenvalue weighted by molar-refractivity contribution is 0.0779. The van der Waals surface area contributed by atoms with Gasteiger partial charge < -0.3 is 5.32 Å². The summed E-state index contributed by atoms with van der Waals surface area (Å²) < 4.78 is 0. The number of piperazine rings is 1. The molecule has 0 aromatic carbocycles. The number of hydrogen-bond acceptors (Lipinski definition) is 2. The summed E-state index contributed by atoms with van der Waals surface area (Å²) in [5, 5.41) is 3.74. The van der Waals surface area contributed by atoms with Crippen LogP contribution in [-0.4, -0.2) is 36.1 Å². The van der Waals surface area contributed by atoms with Crippen LogP contribution in [0.1, 0.15) is 59.8 Å². The third-order valence-corrected chi connectivity index (χ3v) is 4.03. The molecule has 16 heavy (non-hydrogen) atoms. The maximum absolute atomic E-state index is 3.74. The van der Waals surface area contributed by atoms with Crippen LogP contribution in [-0.2, 0) is 0 Å². The zero-order chi connectivity index (χ0) is 12.0. The summed E-state index contributed by atoms with van der Waals surface area (Å²) in [4.78, 5) is 2.73. The molecule has 0 saturated carbocycles. The Balaban J connectivity index is 2.54.